The number of piperidine rings is 1. The molecule has 0 radical (unpaired) electrons. The Morgan fingerprint density at radius 1 is 1.21 bits per heavy atom. The molecule has 19 heavy (non-hydrogen) atoms. The Hall–Kier alpha value is -1.55. The first-order valence-corrected chi connectivity index (χ1v) is 7.02. The number of nitrogens with two attached hydrogens (primary N) is 2. The Morgan fingerprint density at radius 3 is 2.53 bits per heavy atom. The summed E-state index contributed by atoms with van der Waals surface area (Å²) in [5.41, 5.74) is 13.2. The van der Waals surface area contributed by atoms with E-state index in [0.29, 0.717) is 12.6 Å². The third kappa shape index (κ3) is 4.24. The Kier molecular flexibility index (Phi) is 4.80. The van der Waals surface area contributed by atoms with Crippen molar-refractivity contribution in [1.82, 2.24) is 4.90 Å². The number of nitrogens with zero attached hydrogens (tertiary/aromatic N) is 2. The summed E-state index contributed by atoms with van der Waals surface area (Å²) in [4.78, 5) is 6.58. The van der Waals surface area contributed by atoms with Gasteiger partial charge in [-0.05, 0) is 37.4 Å². The van der Waals surface area contributed by atoms with Gasteiger partial charge in [0, 0.05) is 12.6 Å². The highest BCUT2D eigenvalue weighted by atomic mass is 15.2. The molecule has 2 rings (SSSR count). The zero-order valence-corrected chi connectivity index (χ0v) is 11.7. The van der Waals surface area contributed by atoms with E-state index in [1.54, 1.807) is 0 Å². The summed E-state index contributed by atoms with van der Waals surface area (Å²) in [7, 11) is 0. The fourth-order valence-corrected chi connectivity index (χ4v) is 2.56. The normalized spacial score (nSPS) is 20.2. The van der Waals surface area contributed by atoms with Crippen molar-refractivity contribution in [3.63, 3.8) is 0 Å². The van der Waals surface area contributed by atoms with Crippen molar-refractivity contribution in [1.29, 1.82) is 0 Å². The molecule has 1 aliphatic heterocycles. The monoisotopic (exact) mass is 260 g/mol. The van der Waals surface area contributed by atoms with Crippen LogP contribution in [0.25, 0.3) is 0 Å². The van der Waals surface area contributed by atoms with Gasteiger partial charge in [-0.1, -0.05) is 30.7 Å². The standard InChI is InChI=1S/C15H24N4/c1-12-4-2-3-9-19(12)11-14-7-5-13(6-8-14)10-18-15(16)17/h5-8,12H,2-4,9-11H2,1H3,(H4,16,17,18). The molecule has 4 N–H and O–H groups in total. The SMILES string of the molecule is CC1CCCCN1Cc1ccc(CN=C(N)N)cc1. The number of rotatable bonds is 4. The molecular weight excluding hydrogens is 236 g/mol. The Labute approximate surface area is 115 Å². The van der Waals surface area contributed by atoms with Gasteiger partial charge >= 0.3 is 0 Å². The second-order valence-corrected chi connectivity index (χ2v) is 5.37. The summed E-state index contributed by atoms with van der Waals surface area (Å²) in [5, 5.41) is 0. The van der Waals surface area contributed by atoms with E-state index in [1.165, 1.54) is 31.4 Å². The van der Waals surface area contributed by atoms with Crippen LogP contribution in [0.15, 0.2) is 29.3 Å². The molecule has 104 valence electrons. The minimum absolute atomic E-state index is 0.145. The summed E-state index contributed by atoms with van der Waals surface area (Å²) >= 11 is 0. The van der Waals surface area contributed by atoms with Gasteiger partial charge in [0.2, 0.25) is 0 Å². The molecule has 0 bridgehead atoms. The lowest BCUT2D eigenvalue weighted by atomic mass is 10.0. The average molecular weight is 260 g/mol. The van der Waals surface area contributed by atoms with Crippen molar-refractivity contribution >= 4 is 5.96 Å². The van der Waals surface area contributed by atoms with E-state index in [2.05, 4.69) is 41.1 Å². The first kappa shape index (κ1) is 13.9. The molecule has 1 heterocycles. The summed E-state index contributed by atoms with van der Waals surface area (Å²) < 4.78 is 0. The topological polar surface area (TPSA) is 67.6 Å². The van der Waals surface area contributed by atoms with Gasteiger partial charge in [0.05, 0.1) is 6.54 Å². The highest BCUT2D eigenvalue weighted by molar-refractivity contribution is 5.75. The Bertz CT molecular complexity index is 420. The number of benzene rings is 1. The zero-order valence-electron chi connectivity index (χ0n) is 11.7. The Balaban J connectivity index is 1.92. The fraction of sp³-hybridized carbons (Fsp3) is 0.533. The van der Waals surface area contributed by atoms with E-state index < -0.39 is 0 Å². The van der Waals surface area contributed by atoms with Crippen molar-refractivity contribution < 1.29 is 0 Å². The Morgan fingerprint density at radius 2 is 1.89 bits per heavy atom. The number of aliphatic imine (C=N–C) groups is 1. The van der Waals surface area contributed by atoms with Crippen molar-refractivity contribution in [2.75, 3.05) is 6.54 Å². The maximum atomic E-state index is 5.33. The van der Waals surface area contributed by atoms with Crippen molar-refractivity contribution in [2.24, 2.45) is 16.5 Å². The average Bonchev–Trinajstić information content (AvgIpc) is 2.40. The van der Waals surface area contributed by atoms with Gasteiger partial charge in [0.15, 0.2) is 5.96 Å². The minimum atomic E-state index is 0.145. The van der Waals surface area contributed by atoms with E-state index in [-0.39, 0.29) is 5.96 Å². The summed E-state index contributed by atoms with van der Waals surface area (Å²) in [6, 6.07) is 9.28. The first-order valence-electron chi connectivity index (χ1n) is 7.02. The molecule has 1 aliphatic rings. The van der Waals surface area contributed by atoms with E-state index in [1.807, 2.05) is 0 Å². The van der Waals surface area contributed by atoms with Crippen LogP contribution < -0.4 is 11.5 Å². The first-order chi connectivity index (χ1) is 9.15. The maximum absolute atomic E-state index is 5.33. The van der Waals surface area contributed by atoms with Crippen LogP contribution in [0.5, 0.6) is 0 Å². The van der Waals surface area contributed by atoms with Gasteiger partial charge in [-0.2, -0.15) is 0 Å². The fourth-order valence-electron chi connectivity index (χ4n) is 2.56. The number of hydrogen-bond acceptors (Lipinski definition) is 2. The quantitative estimate of drug-likeness (QED) is 0.641. The molecule has 0 spiro atoms. The number of guanidine groups is 1. The van der Waals surface area contributed by atoms with E-state index in [0.717, 1.165) is 12.1 Å². The molecule has 1 fully saturated rings. The van der Waals surface area contributed by atoms with Crippen LogP contribution in [-0.2, 0) is 13.1 Å². The van der Waals surface area contributed by atoms with Crippen LogP contribution in [0.3, 0.4) is 0 Å². The van der Waals surface area contributed by atoms with Gasteiger partial charge in [-0.3, -0.25) is 4.90 Å². The molecule has 0 aliphatic carbocycles. The van der Waals surface area contributed by atoms with Crippen LogP contribution in [0, 0.1) is 0 Å². The van der Waals surface area contributed by atoms with Crippen LogP contribution in [0.4, 0.5) is 0 Å². The molecule has 1 aromatic carbocycles. The highest BCUT2D eigenvalue weighted by Crippen LogP contribution is 2.19. The minimum Gasteiger partial charge on any atom is -0.370 e. The molecule has 0 amide bonds. The van der Waals surface area contributed by atoms with Crippen LogP contribution in [0.2, 0.25) is 0 Å². The maximum Gasteiger partial charge on any atom is 0.186 e. The lowest BCUT2D eigenvalue weighted by Crippen LogP contribution is -2.36. The largest absolute Gasteiger partial charge is 0.370 e. The molecule has 1 aromatic rings. The van der Waals surface area contributed by atoms with Crippen molar-refractivity contribution in [2.45, 2.75) is 45.3 Å². The lowest BCUT2D eigenvalue weighted by Gasteiger charge is -2.33. The second kappa shape index (κ2) is 6.57. The molecule has 1 atom stereocenters. The summed E-state index contributed by atoms with van der Waals surface area (Å²) in [6.45, 7) is 5.15. The van der Waals surface area contributed by atoms with Crippen LogP contribution >= 0.6 is 0 Å². The molecule has 1 unspecified atom stereocenters. The third-order valence-corrected chi connectivity index (χ3v) is 3.79. The molecular formula is C15H24N4. The molecule has 4 heteroatoms. The predicted octanol–water partition coefficient (Wildman–Crippen LogP) is 1.83. The van der Waals surface area contributed by atoms with Crippen LogP contribution in [0.1, 0.15) is 37.3 Å². The van der Waals surface area contributed by atoms with Gasteiger partial charge < -0.3 is 11.5 Å². The van der Waals surface area contributed by atoms with Gasteiger partial charge in [0.1, 0.15) is 0 Å². The van der Waals surface area contributed by atoms with E-state index >= 15 is 0 Å². The van der Waals surface area contributed by atoms with E-state index in [4.69, 9.17) is 11.5 Å². The molecule has 0 saturated carbocycles. The summed E-state index contributed by atoms with van der Waals surface area (Å²) in [6.07, 6.45) is 4.02. The molecule has 4 nitrogen and oxygen atoms in total. The van der Waals surface area contributed by atoms with Crippen molar-refractivity contribution in [3.05, 3.63) is 35.4 Å². The number of likely N-dealkylation sites (tertiary alicyclic amines) is 1. The van der Waals surface area contributed by atoms with Crippen LogP contribution in [-0.4, -0.2) is 23.4 Å². The zero-order chi connectivity index (χ0) is 13.7. The van der Waals surface area contributed by atoms with Gasteiger partial charge in [-0.25, -0.2) is 4.99 Å². The number of hydrogen-bond donors (Lipinski definition) is 2. The highest BCUT2D eigenvalue weighted by Gasteiger charge is 2.17. The van der Waals surface area contributed by atoms with Gasteiger partial charge in [-0.15, -0.1) is 0 Å². The smallest absolute Gasteiger partial charge is 0.186 e. The third-order valence-electron chi connectivity index (χ3n) is 3.79. The second-order valence-electron chi connectivity index (χ2n) is 5.37. The molecule has 0 aromatic heterocycles. The van der Waals surface area contributed by atoms with Gasteiger partial charge in [0.25, 0.3) is 0 Å². The van der Waals surface area contributed by atoms with E-state index in [9.17, 15) is 0 Å². The van der Waals surface area contributed by atoms with Crippen molar-refractivity contribution in [3.8, 4) is 0 Å². The lowest BCUT2D eigenvalue weighted by molar-refractivity contribution is 0.152. The molecule has 1 saturated heterocycles. The summed E-state index contributed by atoms with van der Waals surface area (Å²) in [5.74, 6) is 0.145. The predicted molar refractivity (Wildman–Crippen MR) is 79.7 cm³/mol.